The van der Waals surface area contributed by atoms with Crippen molar-refractivity contribution in [2.45, 2.75) is 6.92 Å². The van der Waals surface area contributed by atoms with Crippen LogP contribution < -0.4 is 0 Å². The molecule has 0 aliphatic rings. The maximum Gasteiger partial charge on any atom is 0.279 e. The molecule has 0 amide bonds. The zero-order valence-corrected chi connectivity index (χ0v) is 9.68. The minimum atomic E-state index is -0.340. The van der Waals surface area contributed by atoms with E-state index in [9.17, 15) is 10.1 Å². The van der Waals surface area contributed by atoms with Gasteiger partial charge in [-0.3, -0.25) is 10.1 Å². The predicted molar refractivity (Wildman–Crippen MR) is 60.9 cm³/mol. The monoisotopic (exact) mass is 271 g/mol. The first-order valence-corrected chi connectivity index (χ1v) is 5.58. The van der Waals surface area contributed by atoms with E-state index in [1.54, 1.807) is 6.07 Å². The first kappa shape index (κ1) is 9.61. The second kappa shape index (κ2) is 3.33. The number of hydrogen-bond acceptors (Lipinski definition) is 3. The molecule has 5 heteroatoms. The van der Waals surface area contributed by atoms with Gasteiger partial charge in [-0.15, -0.1) is 11.3 Å². The molecule has 0 aliphatic heterocycles. The van der Waals surface area contributed by atoms with Crippen molar-refractivity contribution >= 4 is 43.0 Å². The third kappa shape index (κ3) is 1.42. The molecule has 0 aliphatic carbocycles. The fourth-order valence-corrected chi connectivity index (χ4v) is 3.15. The van der Waals surface area contributed by atoms with Crippen molar-refractivity contribution in [1.82, 2.24) is 0 Å². The van der Waals surface area contributed by atoms with Crippen LogP contribution in [0.4, 0.5) is 5.69 Å². The number of nitrogens with zero attached hydrogens (tertiary/aromatic N) is 1. The molecule has 2 aromatic rings. The Morgan fingerprint density at radius 2 is 2.21 bits per heavy atom. The Bertz CT molecular complexity index is 521. The lowest BCUT2D eigenvalue weighted by Gasteiger charge is -1.97. The third-order valence-corrected chi connectivity index (χ3v) is 3.81. The van der Waals surface area contributed by atoms with E-state index < -0.39 is 0 Å². The summed E-state index contributed by atoms with van der Waals surface area (Å²) in [7, 11) is 0. The first-order valence-electron chi connectivity index (χ1n) is 3.91. The zero-order chi connectivity index (χ0) is 10.3. The number of non-ortho nitro benzene ring substituents is 1. The smallest absolute Gasteiger partial charge is 0.258 e. The molecule has 0 saturated carbocycles. The molecule has 0 fully saturated rings. The molecule has 3 nitrogen and oxygen atoms in total. The fourth-order valence-electron chi connectivity index (χ4n) is 1.39. The SMILES string of the molecule is Cc1cc([N+](=O)[O-])c2c(Br)csc2c1. The van der Waals surface area contributed by atoms with Crippen LogP contribution in [0.3, 0.4) is 0 Å². The predicted octanol–water partition coefficient (Wildman–Crippen LogP) is 3.88. The van der Waals surface area contributed by atoms with Gasteiger partial charge in [-0.1, -0.05) is 0 Å². The lowest BCUT2D eigenvalue weighted by Crippen LogP contribution is -1.89. The van der Waals surface area contributed by atoms with Gasteiger partial charge in [0.1, 0.15) is 0 Å². The van der Waals surface area contributed by atoms with E-state index in [2.05, 4.69) is 15.9 Å². The molecule has 14 heavy (non-hydrogen) atoms. The molecular weight excluding hydrogens is 266 g/mol. The van der Waals surface area contributed by atoms with Gasteiger partial charge in [0, 0.05) is 20.6 Å². The van der Waals surface area contributed by atoms with Gasteiger partial charge >= 0.3 is 0 Å². The number of fused-ring (bicyclic) bond motifs is 1. The summed E-state index contributed by atoms with van der Waals surface area (Å²) in [4.78, 5) is 10.5. The van der Waals surface area contributed by atoms with Crippen molar-refractivity contribution in [2.24, 2.45) is 0 Å². The normalized spacial score (nSPS) is 10.7. The summed E-state index contributed by atoms with van der Waals surface area (Å²) in [6.45, 7) is 1.86. The van der Waals surface area contributed by atoms with Crippen molar-refractivity contribution in [1.29, 1.82) is 0 Å². The molecule has 0 bridgehead atoms. The molecule has 0 unspecified atom stereocenters. The molecule has 1 heterocycles. The molecule has 0 saturated heterocycles. The molecular formula is C9H6BrNO2S. The van der Waals surface area contributed by atoms with Crippen LogP contribution >= 0.6 is 27.3 Å². The van der Waals surface area contributed by atoms with Gasteiger partial charge in [-0.2, -0.15) is 0 Å². The number of benzene rings is 1. The lowest BCUT2D eigenvalue weighted by molar-refractivity contribution is -0.383. The van der Waals surface area contributed by atoms with Crippen LogP contribution in [0.5, 0.6) is 0 Å². The highest BCUT2D eigenvalue weighted by Crippen LogP contribution is 2.37. The molecule has 0 N–H and O–H groups in total. The summed E-state index contributed by atoms with van der Waals surface area (Å²) in [6.07, 6.45) is 0. The fraction of sp³-hybridized carbons (Fsp3) is 0.111. The van der Waals surface area contributed by atoms with E-state index in [1.807, 2.05) is 18.4 Å². The summed E-state index contributed by atoms with van der Waals surface area (Å²) in [5, 5.41) is 13.4. The molecule has 0 radical (unpaired) electrons. The minimum Gasteiger partial charge on any atom is -0.258 e. The first-order chi connectivity index (χ1) is 6.59. The largest absolute Gasteiger partial charge is 0.279 e. The van der Waals surface area contributed by atoms with Gasteiger partial charge in [0.2, 0.25) is 0 Å². The van der Waals surface area contributed by atoms with Crippen molar-refractivity contribution in [3.8, 4) is 0 Å². The summed E-state index contributed by atoms with van der Waals surface area (Å²) >= 11 is 4.82. The highest BCUT2D eigenvalue weighted by Gasteiger charge is 2.16. The molecule has 0 spiro atoms. The highest BCUT2D eigenvalue weighted by atomic mass is 79.9. The van der Waals surface area contributed by atoms with Crippen LogP contribution in [0, 0.1) is 17.0 Å². The Kier molecular flexibility index (Phi) is 2.28. The van der Waals surface area contributed by atoms with Gasteiger partial charge < -0.3 is 0 Å². The Hall–Kier alpha value is -0.940. The van der Waals surface area contributed by atoms with Crippen LogP contribution in [0.1, 0.15) is 5.56 Å². The molecule has 0 atom stereocenters. The molecule has 1 aromatic carbocycles. The van der Waals surface area contributed by atoms with Crippen LogP contribution in [-0.4, -0.2) is 4.92 Å². The molecule has 1 aromatic heterocycles. The Balaban J connectivity index is 2.90. The van der Waals surface area contributed by atoms with E-state index in [4.69, 9.17) is 0 Å². The van der Waals surface area contributed by atoms with Gasteiger partial charge in [0.15, 0.2) is 0 Å². The van der Waals surface area contributed by atoms with Crippen molar-refractivity contribution in [2.75, 3.05) is 0 Å². The number of halogens is 1. The Morgan fingerprint density at radius 3 is 2.86 bits per heavy atom. The number of aryl methyl sites for hydroxylation is 1. The standard InChI is InChI=1S/C9H6BrNO2S/c1-5-2-7(11(12)13)9-6(10)4-14-8(9)3-5/h2-4H,1H3. The highest BCUT2D eigenvalue weighted by molar-refractivity contribution is 9.10. The summed E-state index contributed by atoms with van der Waals surface area (Å²) < 4.78 is 1.74. The van der Waals surface area contributed by atoms with E-state index in [0.717, 1.165) is 14.7 Å². The summed E-state index contributed by atoms with van der Waals surface area (Å²) in [6, 6.07) is 3.55. The average Bonchev–Trinajstić information content (AvgIpc) is 2.46. The molecule has 2 rings (SSSR count). The van der Waals surface area contributed by atoms with E-state index in [1.165, 1.54) is 11.3 Å². The number of thiophene rings is 1. The second-order valence-corrected chi connectivity index (χ2v) is 4.76. The number of rotatable bonds is 1. The quantitative estimate of drug-likeness (QED) is 0.584. The van der Waals surface area contributed by atoms with E-state index in [-0.39, 0.29) is 10.6 Å². The van der Waals surface area contributed by atoms with Gasteiger partial charge in [-0.05, 0) is 34.5 Å². The maximum atomic E-state index is 10.8. The van der Waals surface area contributed by atoms with Crippen LogP contribution in [0.15, 0.2) is 22.0 Å². The topological polar surface area (TPSA) is 43.1 Å². The van der Waals surface area contributed by atoms with E-state index >= 15 is 0 Å². The second-order valence-electron chi connectivity index (χ2n) is 3.00. The summed E-state index contributed by atoms with van der Waals surface area (Å²) in [5.74, 6) is 0. The Morgan fingerprint density at radius 1 is 1.50 bits per heavy atom. The van der Waals surface area contributed by atoms with E-state index in [0.29, 0.717) is 5.39 Å². The van der Waals surface area contributed by atoms with Crippen LogP contribution in [-0.2, 0) is 0 Å². The van der Waals surface area contributed by atoms with Crippen molar-refractivity contribution in [3.05, 3.63) is 37.7 Å². The van der Waals surface area contributed by atoms with Crippen LogP contribution in [0.25, 0.3) is 10.1 Å². The van der Waals surface area contributed by atoms with Gasteiger partial charge in [-0.25, -0.2) is 0 Å². The van der Waals surface area contributed by atoms with Crippen molar-refractivity contribution < 1.29 is 4.92 Å². The van der Waals surface area contributed by atoms with Crippen LogP contribution in [0.2, 0.25) is 0 Å². The number of hydrogen-bond donors (Lipinski definition) is 0. The number of nitro groups is 1. The Labute approximate surface area is 92.6 Å². The zero-order valence-electron chi connectivity index (χ0n) is 7.28. The van der Waals surface area contributed by atoms with Gasteiger partial charge in [0.05, 0.1) is 10.3 Å². The lowest BCUT2D eigenvalue weighted by atomic mass is 10.1. The average molecular weight is 272 g/mol. The summed E-state index contributed by atoms with van der Waals surface area (Å²) in [5.41, 5.74) is 1.09. The maximum absolute atomic E-state index is 10.8. The molecule has 72 valence electrons. The van der Waals surface area contributed by atoms with Crippen molar-refractivity contribution in [3.63, 3.8) is 0 Å². The third-order valence-electron chi connectivity index (χ3n) is 1.95. The minimum absolute atomic E-state index is 0.174. The van der Waals surface area contributed by atoms with Gasteiger partial charge in [0.25, 0.3) is 5.69 Å². The number of nitro benzene ring substituents is 1.